The quantitative estimate of drug-likeness (QED) is 0.145. The van der Waals surface area contributed by atoms with Crippen molar-refractivity contribution in [2.75, 3.05) is 21.3 Å². The van der Waals surface area contributed by atoms with Crippen LogP contribution < -0.4 is 15.0 Å². The maximum Gasteiger partial charge on any atom is 0.343 e. The van der Waals surface area contributed by atoms with Crippen LogP contribution in [0.3, 0.4) is 0 Å². The maximum absolute atomic E-state index is 14.0. The zero-order valence-electron chi connectivity index (χ0n) is 27.4. The Labute approximate surface area is 260 Å². The first-order chi connectivity index (χ1) is 20.8. The molecule has 0 spiro atoms. The molecule has 1 unspecified atom stereocenters. The van der Waals surface area contributed by atoms with Gasteiger partial charge in [0.15, 0.2) is 8.32 Å². The number of carbonyl (C=O) groups is 1. The second-order valence-corrected chi connectivity index (χ2v) is 17.8. The first-order valence-electron chi connectivity index (χ1n) is 15.2. The molecule has 8 nitrogen and oxygen atoms in total. The van der Waals surface area contributed by atoms with Gasteiger partial charge < -0.3 is 27.8 Å². The Morgan fingerprint density at radius 3 is 2.36 bits per heavy atom. The van der Waals surface area contributed by atoms with Gasteiger partial charge in [-0.1, -0.05) is 33.8 Å². The van der Waals surface area contributed by atoms with Gasteiger partial charge in [-0.2, -0.15) is 0 Å². The first kappa shape index (κ1) is 31.6. The molecule has 2 aromatic heterocycles. The minimum Gasteiger partial charge on any atom is -0.497 e. The molecule has 0 fully saturated rings. The molecule has 1 aliphatic rings. The third kappa shape index (κ3) is 5.59. The van der Waals surface area contributed by atoms with E-state index < -0.39 is 19.8 Å². The van der Waals surface area contributed by atoms with Crippen molar-refractivity contribution in [3.63, 3.8) is 0 Å². The molecule has 0 aliphatic carbocycles. The fourth-order valence-corrected chi connectivity index (χ4v) is 7.20. The summed E-state index contributed by atoms with van der Waals surface area (Å²) in [4.78, 5) is 26.7. The normalized spacial score (nSPS) is 15.0. The minimum atomic E-state index is -1.95. The molecule has 9 heteroatoms. The number of benzene rings is 2. The molecular weight excluding hydrogens is 572 g/mol. The van der Waals surface area contributed by atoms with Gasteiger partial charge >= 0.3 is 5.97 Å². The summed E-state index contributed by atoms with van der Waals surface area (Å²) < 4.78 is 26.9. The lowest BCUT2D eigenvalue weighted by molar-refractivity contribution is 0.0598. The molecule has 0 saturated carbocycles. The average molecular weight is 617 g/mol. The van der Waals surface area contributed by atoms with Gasteiger partial charge in [0.25, 0.3) is 5.56 Å². The van der Waals surface area contributed by atoms with Crippen LogP contribution in [0.2, 0.25) is 18.1 Å². The summed E-state index contributed by atoms with van der Waals surface area (Å²) in [7, 11) is 2.53. The summed E-state index contributed by atoms with van der Waals surface area (Å²) in [6, 6.07) is 15.8. The average Bonchev–Trinajstić information content (AvgIpc) is 3.55. The lowest BCUT2D eigenvalue weighted by Gasteiger charge is -2.38. The van der Waals surface area contributed by atoms with E-state index in [2.05, 4.69) is 62.7 Å². The number of methoxy groups -OCH3 is 3. The van der Waals surface area contributed by atoms with Crippen molar-refractivity contribution < 1.29 is 23.4 Å². The molecule has 0 bridgehead atoms. The van der Waals surface area contributed by atoms with Crippen molar-refractivity contribution >= 4 is 25.2 Å². The molecule has 3 heterocycles. The van der Waals surface area contributed by atoms with Crippen LogP contribution in [-0.2, 0) is 28.7 Å². The highest BCUT2D eigenvalue weighted by Gasteiger charge is 2.41. The number of hydrogen-bond acceptors (Lipinski definition) is 6. The van der Waals surface area contributed by atoms with E-state index in [0.29, 0.717) is 17.9 Å². The molecule has 5 rings (SSSR count). The molecule has 0 saturated heterocycles. The maximum atomic E-state index is 14.0. The monoisotopic (exact) mass is 616 g/mol. The Morgan fingerprint density at radius 2 is 1.73 bits per heavy atom. The highest BCUT2D eigenvalue weighted by molar-refractivity contribution is 6.74. The standard InChI is InChI=1S/C35H44N2O6Si/c1-10-22-18-27(34(39)42-7)33(38)37(21-24-11-13-26(40-5)20-31(24)41-6)32(22)23-12-14-28-25(17-23)19-29-30(15-16-36(28)29)43-44(8,9)35(2,3)4/h11-14,17-20,30H,10,15-16,21H2,1-9H3. The zero-order chi connectivity index (χ0) is 32.0. The Morgan fingerprint density at radius 1 is 0.977 bits per heavy atom. The fourth-order valence-electron chi connectivity index (χ4n) is 5.90. The van der Waals surface area contributed by atoms with E-state index in [1.165, 1.54) is 12.8 Å². The lowest BCUT2D eigenvalue weighted by atomic mass is 9.99. The smallest absolute Gasteiger partial charge is 0.343 e. The molecule has 4 aromatic rings. The number of fused-ring (bicyclic) bond motifs is 3. The van der Waals surface area contributed by atoms with Crippen LogP contribution in [0.5, 0.6) is 11.5 Å². The summed E-state index contributed by atoms with van der Waals surface area (Å²) in [6.45, 7) is 14.6. The topological polar surface area (TPSA) is 80.9 Å². The van der Waals surface area contributed by atoms with Crippen molar-refractivity contribution in [2.45, 2.75) is 77.9 Å². The van der Waals surface area contributed by atoms with Crippen LogP contribution in [0.1, 0.15) is 67.4 Å². The van der Waals surface area contributed by atoms with E-state index in [1.54, 1.807) is 30.9 Å². The molecule has 1 atom stereocenters. The Kier molecular flexibility index (Phi) is 8.57. The molecule has 234 valence electrons. The Bertz CT molecular complexity index is 1780. The van der Waals surface area contributed by atoms with Crippen molar-refractivity contribution in [3.8, 4) is 22.8 Å². The van der Waals surface area contributed by atoms with Crippen molar-refractivity contribution in [3.05, 3.63) is 81.3 Å². The number of hydrogen-bond donors (Lipinski definition) is 0. The van der Waals surface area contributed by atoms with Crippen LogP contribution in [0.15, 0.2) is 53.3 Å². The predicted molar refractivity (Wildman–Crippen MR) is 177 cm³/mol. The van der Waals surface area contributed by atoms with Crippen molar-refractivity contribution in [2.24, 2.45) is 0 Å². The Hall–Kier alpha value is -3.82. The Balaban J connectivity index is 1.65. The fraction of sp³-hybridized carbons (Fsp3) is 0.429. The van der Waals surface area contributed by atoms with Crippen LogP contribution >= 0.6 is 0 Å². The summed E-state index contributed by atoms with van der Waals surface area (Å²) >= 11 is 0. The van der Waals surface area contributed by atoms with Gasteiger partial charge in [-0.25, -0.2) is 4.79 Å². The van der Waals surface area contributed by atoms with Crippen molar-refractivity contribution in [1.82, 2.24) is 9.13 Å². The van der Waals surface area contributed by atoms with Gasteiger partial charge in [0.1, 0.15) is 17.1 Å². The van der Waals surface area contributed by atoms with Gasteiger partial charge in [0, 0.05) is 34.8 Å². The number of pyridine rings is 1. The van der Waals surface area contributed by atoms with E-state index in [9.17, 15) is 9.59 Å². The van der Waals surface area contributed by atoms with Crippen LogP contribution in [-0.4, -0.2) is 44.8 Å². The summed E-state index contributed by atoms with van der Waals surface area (Å²) in [5.74, 6) is 0.591. The van der Waals surface area contributed by atoms with Crippen molar-refractivity contribution in [1.29, 1.82) is 0 Å². The van der Waals surface area contributed by atoms with Gasteiger partial charge in [0.05, 0.1) is 39.7 Å². The molecule has 1 aliphatic heterocycles. The predicted octanol–water partition coefficient (Wildman–Crippen LogP) is 7.35. The molecular formula is C35H44N2O6Si. The highest BCUT2D eigenvalue weighted by Crippen LogP contribution is 2.44. The SMILES string of the molecule is CCc1cc(C(=O)OC)c(=O)n(Cc2ccc(OC)cc2OC)c1-c1ccc2c(c1)cc1n2CCC1O[Si](C)(C)C(C)(C)C. The van der Waals surface area contributed by atoms with Crippen LogP contribution in [0.25, 0.3) is 22.2 Å². The molecule has 0 radical (unpaired) electrons. The molecule has 0 N–H and O–H groups in total. The number of nitrogens with zero attached hydrogens (tertiary/aromatic N) is 2. The van der Waals surface area contributed by atoms with E-state index >= 15 is 0 Å². The number of aryl methyl sites for hydroxylation is 2. The minimum absolute atomic E-state index is 0.00937. The highest BCUT2D eigenvalue weighted by atomic mass is 28.4. The summed E-state index contributed by atoms with van der Waals surface area (Å²) in [5, 5.41) is 1.23. The molecule has 44 heavy (non-hydrogen) atoms. The van der Waals surface area contributed by atoms with Gasteiger partial charge in [0.2, 0.25) is 0 Å². The number of ether oxygens (including phenoxy) is 3. The number of rotatable bonds is 9. The van der Waals surface area contributed by atoms with Gasteiger partial charge in [-0.05, 0) is 78.5 Å². The van der Waals surface area contributed by atoms with E-state index in [0.717, 1.165) is 46.3 Å². The number of carbonyl (C=O) groups excluding carboxylic acids is 1. The third-order valence-electron chi connectivity index (χ3n) is 9.37. The number of esters is 1. The molecule has 2 aromatic carbocycles. The summed E-state index contributed by atoms with van der Waals surface area (Å²) in [5.41, 5.74) is 5.29. The van der Waals surface area contributed by atoms with E-state index in [-0.39, 0.29) is 23.3 Å². The zero-order valence-corrected chi connectivity index (χ0v) is 28.4. The summed E-state index contributed by atoms with van der Waals surface area (Å²) in [6.07, 6.45) is 1.65. The first-order valence-corrected chi connectivity index (χ1v) is 18.1. The number of aromatic nitrogens is 2. The van der Waals surface area contributed by atoms with Crippen LogP contribution in [0, 0.1) is 0 Å². The van der Waals surface area contributed by atoms with E-state index in [4.69, 9.17) is 18.6 Å². The second-order valence-electron chi connectivity index (χ2n) is 13.0. The van der Waals surface area contributed by atoms with Crippen LogP contribution in [0.4, 0.5) is 0 Å². The lowest BCUT2D eigenvalue weighted by Crippen LogP contribution is -2.41. The van der Waals surface area contributed by atoms with E-state index in [1.807, 2.05) is 19.1 Å². The second kappa shape index (κ2) is 11.9. The molecule has 0 amide bonds. The van der Waals surface area contributed by atoms with Gasteiger partial charge in [-0.3, -0.25) is 4.79 Å². The largest absolute Gasteiger partial charge is 0.497 e. The third-order valence-corrected chi connectivity index (χ3v) is 13.9. The van der Waals surface area contributed by atoms with Gasteiger partial charge in [-0.15, -0.1) is 0 Å².